The SMILES string of the molecule is CCCCCCCCCCCCCCCCCCCCCCCCC(O)C(CO)NC(=O)CCCCCCCCCCC/C=C\CCCCCCCCCCCCCCOC(=O)CCCCCCCCCCCCCCCCCCCCC. The Balaban J connectivity index is 3.37. The molecule has 1 amide bonds. The Morgan fingerprint density at radius 3 is 0.855 bits per heavy atom. The highest BCUT2D eigenvalue weighted by Gasteiger charge is 2.20. The maximum atomic E-state index is 12.6. The lowest BCUT2D eigenvalue weighted by molar-refractivity contribution is -0.143. The Bertz CT molecular complexity index is 1260. The van der Waals surface area contributed by atoms with E-state index in [0.717, 1.165) is 38.5 Å². The molecule has 0 aliphatic heterocycles. The van der Waals surface area contributed by atoms with Crippen LogP contribution in [-0.2, 0) is 14.3 Å². The van der Waals surface area contributed by atoms with Gasteiger partial charge >= 0.3 is 5.97 Å². The number of rotatable bonds is 73. The molecule has 0 bridgehead atoms. The molecule has 0 aromatic rings. The Morgan fingerprint density at radius 1 is 0.325 bits per heavy atom. The first-order valence-corrected chi connectivity index (χ1v) is 38.4. The van der Waals surface area contributed by atoms with E-state index in [1.165, 1.54) is 372 Å². The van der Waals surface area contributed by atoms with E-state index >= 15 is 0 Å². The number of nitrogens with one attached hydrogen (secondary N) is 1. The van der Waals surface area contributed by atoms with Gasteiger partial charge in [0.05, 0.1) is 25.4 Å². The second kappa shape index (κ2) is 73.1. The molecular weight excluding hydrogens is 1020 g/mol. The van der Waals surface area contributed by atoms with Crippen LogP contribution in [0.25, 0.3) is 0 Å². The van der Waals surface area contributed by atoms with E-state index in [4.69, 9.17) is 4.74 Å². The van der Waals surface area contributed by atoms with Crippen molar-refractivity contribution in [3.63, 3.8) is 0 Å². The van der Waals surface area contributed by atoms with E-state index in [1.807, 2.05) is 0 Å². The third-order valence-electron chi connectivity index (χ3n) is 18.3. The van der Waals surface area contributed by atoms with E-state index in [9.17, 15) is 19.8 Å². The number of ether oxygens (including phenoxy) is 1. The molecule has 0 aliphatic rings. The Labute approximate surface area is 520 Å². The number of hydrogen-bond donors (Lipinski definition) is 3. The second-order valence-electron chi connectivity index (χ2n) is 26.7. The van der Waals surface area contributed by atoms with Crippen LogP contribution in [0.2, 0.25) is 0 Å². The first-order chi connectivity index (χ1) is 41.0. The molecule has 2 unspecified atom stereocenters. The molecule has 0 saturated heterocycles. The average Bonchev–Trinajstić information content (AvgIpc) is 3.49. The first kappa shape index (κ1) is 81.6. The van der Waals surface area contributed by atoms with Crippen molar-refractivity contribution in [2.24, 2.45) is 0 Å². The number of carbonyl (C=O) groups is 2. The smallest absolute Gasteiger partial charge is 0.305 e. The van der Waals surface area contributed by atoms with Crippen LogP contribution in [0, 0.1) is 0 Å². The van der Waals surface area contributed by atoms with Crippen LogP contribution in [0.5, 0.6) is 0 Å². The second-order valence-corrected chi connectivity index (χ2v) is 26.7. The maximum Gasteiger partial charge on any atom is 0.305 e. The highest BCUT2D eigenvalue weighted by atomic mass is 16.5. The number of unbranched alkanes of at least 4 members (excludes halogenated alkanes) is 60. The molecule has 6 nitrogen and oxygen atoms in total. The van der Waals surface area contributed by atoms with Gasteiger partial charge in [0.1, 0.15) is 0 Å². The predicted molar refractivity (Wildman–Crippen MR) is 366 cm³/mol. The molecule has 6 heteroatoms. The Hall–Kier alpha value is -1.40. The topological polar surface area (TPSA) is 95.9 Å². The molecule has 0 aromatic carbocycles. The monoisotopic (exact) mass is 1170 g/mol. The lowest BCUT2D eigenvalue weighted by Crippen LogP contribution is -2.45. The minimum absolute atomic E-state index is 0.0197. The van der Waals surface area contributed by atoms with E-state index in [2.05, 4.69) is 31.3 Å². The van der Waals surface area contributed by atoms with Crippen LogP contribution in [-0.4, -0.2) is 47.4 Å². The van der Waals surface area contributed by atoms with Crippen LogP contribution >= 0.6 is 0 Å². The molecular formula is C77H151NO5. The summed E-state index contributed by atoms with van der Waals surface area (Å²) in [5.41, 5.74) is 0. The molecule has 2 atom stereocenters. The van der Waals surface area contributed by atoms with Gasteiger partial charge in [-0.25, -0.2) is 0 Å². The van der Waals surface area contributed by atoms with Gasteiger partial charge in [0.15, 0.2) is 0 Å². The van der Waals surface area contributed by atoms with E-state index in [1.54, 1.807) is 0 Å². The predicted octanol–water partition coefficient (Wildman–Crippen LogP) is 25.1. The van der Waals surface area contributed by atoms with E-state index < -0.39 is 12.1 Å². The van der Waals surface area contributed by atoms with Crippen LogP contribution < -0.4 is 5.32 Å². The summed E-state index contributed by atoms with van der Waals surface area (Å²) in [6, 6.07) is -0.545. The maximum absolute atomic E-state index is 12.6. The summed E-state index contributed by atoms with van der Waals surface area (Å²) >= 11 is 0. The largest absolute Gasteiger partial charge is 0.466 e. The Morgan fingerprint density at radius 2 is 0.566 bits per heavy atom. The third kappa shape index (κ3) is 69.6. The van der Waals surface area contributed by atoms with Crippen molar-refractivity contribution in [1.29, 1.82) is 0 Å². The van der Waals surface area contributed by atoms with Gasteiger partial charge in [0.25, 0.3) is 0 Å². The number of allylic oxidation sites excluding steroid dienone is 2. The normalized spacial score (nSPS) is 12.5. The summed E-state index contributed by atoms with van der Waals surface area (Å²) in [4.78, 5) is 24.7. The van der Waals surface area contributed by atoms with Crippen molar-refractivity contribution in [3.8, 4) is 0 Å². The average molecular weight is 1170 g/mol. The van der Waals surface area contributed by atoms with Crippen molar-refractivity contribution in [3.05, 3.63) is 12.2 Å². The van der Waals surface area contributed by atoms with Crippen LogP contribution in [0.1, 0.15) is 444 Å². The van der Waals surface area contributed by atoms with Crippen LogP contribution in [0.15, 0.2) is 12.2 Å². The summed E-state index contributed by atoms with van der Waals surface area (Å²) in [6.07, 6.45) is 91.4. The third-order valence-corrected chi connectivity index (χ3v) is 18.3. The lowest BCUT2D eigenvalue weighted by atomic mass is 10.0. The van der Waals surface area contributed by atoms with Crippen LogP contribution in [0.4, 0.5) is 0 Å². The van der Waals surface area contributed by atoms with Gasteiger partial charge in [0, 0.05) is 12.8 Å². The van der Waals surface area contributed by atoms with Gasteiger partial charge in [-0.15, -0.1) is 0 Å². The summed E-state index contributed by atoms with van der Waals surface area (Å²) in [6.45, 7) is 5.01. The molecule has 0 saturated carbocycles. The van der Waals surface area contributed by atoms with E-state index in [-0.39, 0.29) is 18.5 Å². The Kier molecular flexibility index (Phi) is 71.8. The molecule has 3 N–H and O–H groups in total. The summed E-state index contributed by atoms with van der Waals surface area (Å²) in [7, 11) is 0. The number of esters is 1. The minimum atomic E-state index is -0.667. The minimum Gasteiger partial charge on any atom is -0.466 e. The first-order valence-electron chi connectivity index (χ1n) is 38.4. The summed E-state index contributed by atoms with van der Waals surface area (Å²) in [5, 5.41) is 23.4. The molecule has 0 rings (SSSR count). The van der Waals surface area contributed by atoms with Gasteiger partial charge in [0.2, 0.25) is 5.91 Å². The zero-order valence-corrected chi connectivity index (χ0v) is 56.7. The standard InChI is InChI=1S/C77H151NO5/c1-3-5-7-9-11-13-15-17-19-21-23-24-30-34-37-41-45-49-53-57-61-65-69-75(80)74(73-79)78-76(81)70-66-62-58-54-50-46-42-38-35-31-28-26-25-27-29-32-36-40-44-48-52-56-60-64-68-72-83-77(82)71-67-63-59-55-51-47-43-39-33-22-20-18-16-14-12-10-8-6-4-2/h26,28,74-75,79-80H,3-25,27,29-73H2,1-2H3,(H,78,81)/b28-26-. The van der Waals surface area contributed by atoms with Gasteiger partial charge < -0.3 is 20.3 Å². The fourth-order valence-electron chi connectivity index (χ4n) is 12.5. The molecule has 0 radical (unpaired) electrons. The molecule has 0 aromatic heterocycles. The summed E-state index contributed by atoms with van der Waals surface area (Å²) in [5.74, 6) is -0.0128. The lowest BCUT2D eigenvalue weighted by Gasteiger charge is -2.22. The van der Waals surface area contributed by atoms with Crippen molar-refractivity contribution < 1.29 is 24.5 Å². The fourth-order valence-corrected chi connectivity index (χ4v) is 12.5. The van der Waals surface area contributed by atoms with Crippen molar-refractivity contribution in [1.82, 2.24) is 5.32 Å². The van der Waals surface area contributed by atoms with Gasteiger partial charge in [-0.3, -0.25) is 9.59 Å². The van der Waals surface area contributed by atoms with Crippen molar-refractivity contribution in [2.75, 3.05) is 13.2 Å². The number of hydrogen-bond acceptors (Lipinski definition) is 5. The number of aliphatic hydroxyl groups excluding tert-OH is 2. The van der Waals surface area contributed by atoms with Gasteiger partial charge in [-0.05, 0) is 51.4 Å². The van der Waals surface area contributed by atoms with Gasteiger partial charge in [-0.2, -0.15) is 0 Å². The van der Waals surface area contributed by atoms with Crippen molar-refractivity contribution in [2.45, 2.75) is 456 Å². The molecule has 0 spiro atoms. The number of amides is 1. The molecule has 0 aliphatic carbocycles. The number of aliphatic hydroxyl groups is 2. The molecule has 0 fully saturated rings. The highest BCUT2D eigenvalue weighted by Crippen LogP contribution is 2.20. The van der Waals surface area contributed by atoms with Gasteiger partial charge in [-0.1, -0.05) is 392 Å². The molecule has 494 valence electrons. The summed E-state index contributed by atoms with van der Waals surface area (Å²) < 4.78 is 5.52. The molecule has 0 heterocycles. The zero-order chi connectivity index (χ0) is 59.9. The quantitative estimate of drug-likeness (QED) is 0.0320. The zero-order valence-electron chi connectivity index (χ0n) is 56.7. The fraction of sp³-hybridized carbons (Fsp3) is 0.948. The van der Waals surface area contributed by atoms with Crippen LogP contribution in [0.3, 0.4) is 0 Å². The number of carbonyl (C=O) groups excluding carboxylic acids is 2. The van der Waals surface area contributed by atoms with E-state index in [0.29, 0.717) is 25.9 Å². The van der Waals surface area contributed by atoms with Crippen molar-refractivity contribution >= 4 is 11.9 Å². The molecule has 83 heavy (non-hydrogen) atoms. The highest BCUT2D eigenvalue weighted by molar-refractivity contribution is 5.76.